The summed E-state index contributed by atoms with van der Waals surface area (Å²) in [6, 6.07) is 5.23. The van der Waals surface area contributed by atoms with E-state index in [1.807, 2.05) is 0 Å². The van der Waals surface area contributed by atoms with Crippen molar-refractivity contribution >= 4 is 38.1 Å². The molecule has 4 rings (SSSR count). The van der Waals surface area contributed by atoms with Crippen molar-refractivity contribution < 1.29 is 17.9 Å². The zero-order valence-corrected chi connectivity index (χ0v) is 17.5. The Bertz CT molecular complexity index is 1380. The number of rotatable bonds is 4. The van der Waals surface area contributed by atoms with Crippen molar-refractivity contribution in [2.24, 2.45) is 0 Å². The summed E-state index contributed by atoms with van der Waals surface area (Å²) in [5.41, 5.74) is 2.11. The fourth-order valence-corrected chi connectivity index (χ4v) is 3.85. The summed E-state index contributed by atoms with van der Waals surface area (Å²) in [5.74, 6) is 1.54. The number of hydrogen-bond donors (Lipinski definition) is 0. The number of hydrogen-bond acceptors (Lipinski definition) is 8. The standard InChI is InChI=1S/C18H16ClN5O4S/c1-9-22-23-17-13(12-6-11(27-2)7-14(28-3)15(12)19)5-10-8-20-18(29(4,25)26)21-16(10)24(9)17/h5-8H,1-4H3. The van der Waals surface area contributed by atoms with Crippen molar-refractivity contribution in [1.82, 2.24) is 24.6 Å². The predicted octanol–water partition coefficient (Wildman–Crippen LogP) is 2.72. The molecule has 0 radical (unpaired) electrons. The maximum atomic E-state index is 11.9. The summed E-state index contributed by atoms with van der Waals surface area (Å²) in [6.45, 7) is 1.75. The van der Waals surface area contributed by atoms with Crippen molar-refractivity contribution in [2.75, 3.05) is 20.5 Å². The van der Waals surface area contributed by atoms with E-state index >= 15 is 0 Å². The smallest absolute Gasteiger partial charge is 0.248 e. The number of nitrogens with zero attached hydrogens (tertiary/aromatic N) is 5. The third-order valence-corrected chi connectivity index (χ3v) is 5.69. The number of aryl methyl sites for hydroxylation is 1. The van der Waals surface area contributed by atoms with Crippen LogP contribution < -0.4 is 9.47 Å². The first-order chi connectivity index (χ1) is 13.7. The third-order valence-electron chi connectivity index (χ3n) is 4.44. The predicted molar refractivity (Wildman–Crippen MR) is 107 cm³/mol. The van der Waals surface area contributed by atoms with Crippen molar-refractivity contribution in [2.45, 2.75) is 12.1 Å². The van der Waals surface area contributed by atoms with E-state index in [0.29, 0.717) is 50.2 Å². The summed E-state index contributed by atoms with van der Waals surface area (Å²) in [6.07, 6.45) is 2.51. The Kier molecular flexibility index (Phi) is 4.55. The lowest BCUT2D eigenvalue weighted by Gasteiger charge is -2.13. The van der Waals surface area contributed by atoms with Gasteiger partial charge in [0.05, 0.1) is 19.2 Å². The molecule has 0 saturated heterocycles. The van der Waals surface area contributed by atoms with Gasteiger partial charge in [-0.2, -0.15) is 4.98 Å². The van der Waals surface area contributed by atoms with E-state index in [9.17, 15) is 8.42 Å². The van der Waals surface area contributed by atoms with Crippen LogP contribution in [0.25, 0.3) is 27.8 Å². The minimum absolute atomic E-state index is 0.270. The van der Waals surface area contributed by atoms with E-state index in [-0.39, 0.29) is 5.16 Å². The van der Waals surface area contributed by atoms with Gasteiger partial charge in [0.2, 0.25) is 15.0 Å². The number of fused-ring (bicyclic) bond motifs is 3. The molecule has 0 aliphatic rings. The lowest BCUT2D eigenvalue weighted by atomic mass is 10.0. The highest BCUT2D eigenvalue weighted by molar-refractivity contribution is 7.90. The zero-order valence-electron chi connectivity index (χ0n) is 16.0. The Morgan fingerprint density at radius 3 is 2.45 bits per heavy atom. The molecule has 0 aliphatic heterocycles. The average Bonchev–Trinajstić information content (AvgIpc) is 3.08. The van der Waals surface area contributed by atoms with Gasteiger partial charge in [0.25, 0.3) is 0 Å². The average molecular weight is 434 g/mol. The molecule has 9 nitrogen and oxygen atoms in total. The van der Waals surface area contributed by atoms with Crippen LogP contribution >= 0.6 is 11.6 Å². The third kappa shape index (κ3) is 3.14. The highest BCUT2D eigenvalue weighted by Gasteiger charge is 2.21. The Labute approximate surface area is 171 Å². The van der Waals surface area contributed by atoms with Gasteiger partial charge in [0.1, 0.15) is 17.3 Å². The van der Waals surface area contributed by atoms with Gasteiger partial charge in [0.15, 0.2) is 11.3 Å². The monoisotopic (exact) mass is 433 g/mol. The summed E-state index contributed by atoms with van der Waals surface area (Å²) >= 11 is 6.57. The van der Waals surface area contributed by atoms with Gasteiger partial charge in [-0.1, -0.05) is 11.6 Å². The first-order valence-electron chi connectivity index (χ1n) is 8.38. The van der Waals surface area contributed by atoms with Crippen LogP contribution in [0.15, 0.2) is 29.6 Å². The summed E-state index contributed by atoms with van der Waals surface area (Å²) < 4.78 is 36.2. The van der Waals surface area contributed by atoms with Gasteiger partial charge >= 0.3 is 0 Å². The molecule has 3 heterocycles. The number of methoxy groups -OCH3 is 2. The molecule has 4 aromatic rings. The van der Waals surface area contributed by atoms with Crippen LogP contribution in [0.4, 0.5) is 0 Å². The molecule has 0 atom stereocenters. The summed E-state index contributed by atoms with van der Waals surface area (Å²) in [4.78, 5) is 8.22. The van der Waals surface area contributed by atoms with Crippen LogP contribution in [0, 0.1) is 6.92 Å². The minimum atomic E-state index is -3.58. The van der Waals surface area contributed by atoms with Crippen molar-refractivity contribution in [3.8, 4) is 22.6 Å². The number of sulfone groups is 1. The van der Waals surface area contributed by atoms with Gasteiger partial charge < -0.3 is 9.47 Å². The molecule has 0 spiro atoms. The van der Waals surface area contributed by atoms with Crippen molar-refractivity contribution in [1.29, 1.82) is 0 Å². The maximum Gasteiger partial charge on any atom is 0.248 e. The summed E-state index contributed by atoms with van der Waals surface area (Å²) in [5, 5.41) is 9.09. The second-order valence-corrected chi connectivity index (χ2v) is 8.65. The second-order valence-electron chi connectivity index (χ2n) is 6.36. The summed E-state index contributed by atoms with van der Waals surface area (Å²) in [7, 11) is -0.515. The second kappa shape index (κ2) is 6.82. The lowest BCUT2D eigenvalue weighted by Crippen LogP contribution is -2.06. The Hall–Kier alpha value is -2.98. The van der Waals surface area contributed by atoms with Gasteiger partial charge in [0, 0.05) is 35.0 Å². The number of pyridine rings is 1. The fraction of sp³-hybridized carbons (Fsp3) is 0.222. The number of ether oxygens (including phenoxy) is 2. The largest absolute Gasteiger partial charge is 0.497 e. The van der Waals surface area contributed by atoms with Crippen LogP contribution in [0.1, 0.15) is 5.82 Å². The van der Waals surface area contributed by atoms with E-state index in [1.54, 1.807) is 36.6 Å². The highest BCUT2D eigenvalue weighted by Crippen LogP contribution is 2.41. The van der Waals surface area contributed by atoms with E-state index in [2.05, 4.69) is 20.2 Å². The molecular weight excluding hydrogens is 418 g/mol. The van der Waals surface area contributed by atoms with Gasteiger partial charge in [-0.15, -0.1) is 10.2 Å². The minimum Gasteiger partial charge on any atom is -0.497 e. The van der Waals surface area contributed by atoms with Crippen LogP contribution in [0.3, 0.4) is 0 Å². The molecule has 11 heteroatoms. The fourth-order valence-electron chi connectivity index (χ4n) is 3.07. The molecule has 29 heavy (non-hydrogen) atoms. The molecule has 0 unspecified atom stereocenters. The molecule has 0 saturated carbocycles. The van der Waals surface area contributed by atoms with Crippen LogP contribution in [-0.2, 0) is 9.84 Å². The Morgan fingerprint density at radius 1 is 1.03 bits per heavy atom. The SMILES string of the molecule is COc1cc(OC)c(Cl)c(-c2cc3cnc(S(C)(=O)=O)nc3n3c(C)nnc23)c1. The Balaban J connectivity index is 2.12. The van der Waals surface area contributed by atoms with Gasteiger partial charge in [-0.3, -0.25) is 4.40 Å². The van der Waals surface area contributed by atoms with E-state index in [4.69, 9.17) is 21.1 Å². The molecule has 0 aliphatic carbocycles. The topological polar surface area (TPSA) is 109 Å². The maximum absolute atomic E-state index is 11.9. The molecule has 0 fully saturated rings. The van der Waals surface area contributed by atoms with Crippen LogP contribution in [0.5, 0.6) is 11.5 Å². The molecule has 0 N–H and O–H groups in total. The molecule has 0 bridgehead atoms. The van der Waals surface area contributed by atoms with E-state index < -0.39 is 9.84 Å². The normalized spacial score (nSPS) is 11.9. The highest BCUT2D eigenvalue weighted by atomic mass is 35.5. The molecule has 1 aromatic carbocycles. The molecule has 3 aromatic heterocycles. The van der Waals surface area contributed by atoms with E-state index in [1.165, 1.54) is 13.3 Å². The lowest BCUT2D eigenvalue weighted by molar-refractivity contribution is 0.395. The number of benzene rings is 1. The molecule has 150 valence electrons. The van der Waals surface area contributed by atoms with Crippen molar-refractivity contribution in [3.05, 3.63) is 35.2 Å². The number of halogens is 1. The van der Waals surface area contributed by atoms with Crippen molar-refractivity contribution in [3.63, 3.8) is 0 Å². The number of aromatic nitrogens is 5. The zero-order chi connectivity index (χ0) is 20.9. The quantitative estimate of drug-likeness (QED) is 0.452. The first-order valence-corrected chi connectivity index (χ1v) is 10.6. The van der Waals surface area contributed by atoms with Gasteiger partial charge in [-0.05, 0) is 19.1 Å². The van der Waals surface area contributed by atoms with Crippen LogP contribution in [-0.4, -0.2) is 53.5 Å². The van der Waals surface area contributed by atoms with Gasteiger partial charge in [-0.25, -0.2) is 13.4 Å². The Morgan fingerprint density at radius 2 is 1.79 bits per heavy atom. The molecular formula is C18H16ClN5O4S. The first kappa shape index (κ1) is 19.3. The van der Waals surface area contributed by atoms with Crippen LogP contribution in [0.2, 0.25) is 5.02 Å². The molecule has 0 amide bonds. The van der Waals surface area contributed by atoms with E-state index in [0.717, 1.165) is 6.26 Å².